The van der Waals surface area contributed by atoms with E-state index < -0.39 is 0 Å². The third kappa shape index (κ3) is 2.12. The topological polar surface area (TPSA) is 23.8 Å². The van der Waals surface area contributed by atoms with Crippen LogP contribution >= 0.6 is 22.6 Å². The van der Waals surface area contributed by atoms with Crippen molar-refractivity contribution in [1.29, 1.82) is 5.26 Å². The fourth-order valence-electron chi connectivity index (χ4n) is 1.54. The van der Waals surface area contributed by atoms with Crippen LogP contribution in [-0.2, 0) is 0 Å². The number of hydrogen-bond acceptors (Lipinski definition) is 1. The SMILES string of the molecule is N#CCCC1(I)CCCC1. The first-order chi connectivity index (χ1) is 4.77. The highest BCUT2D eigenvalue weighted by molar-refractivity contribution is 14.1. The molecule has 0 aromatic heterocycles. The molecule has 0 aliphatic heterocycles. The number of alkyl halides is 1. The number of hydrogen-bond donors (Lipinski definition) is 0. The molecular weight excluding hydrogens is 237 g/mol. The van der Waals surface area contributed by atoms with Crippen LogP contribution < -0.4 is 0 Å². The Morgan fingerprint density at radius 3 is 2.50 bits per heavy atom. The Labute approximate surface area is 75.9 Å². The molecule has 0 aromatic rings. The molecule has 1 rings (SSSR count). The summed E-state index contributed by atoms with van der Waals surface area (Å²) in [6.07, 6.45) is 7.24. The van der Waals surface area contributed by atoms with E-state index >= 15 is 0 Å². The van der Waals surface area contributed by atoms with Crippen LogP contribution in [0.25, 0.3) is 0 Å². The van der Waals surface area contributed by atoms with Crippen LogP contribution in [0.5, 0.6) is 0 Å². The molecule has 1 fully saturated rings. The van der Waals surface area contributed by atoms with E-state index in [1.54, 1.807) is 0 Å². The van der Waals surface area contributed by atoms with E-state index in [2.05, 4.69) is 28.7 Å². The molecule has 0 saturated heterocycles. The van der Waals surface area contributed by atoms with Crippen LogP contribution in [0.3, 0.4) is 0 Å². The molecule has 0 N–H and O–H groups in total. The summed E-state index contributed by atoms with van der Waals surface area (Å²) in [4.78, 5) is 0. The molecule has 0 aromatic carbocycles. The van der Waals surface area contributed by atoms with E-state index in [1.807, 2.05) is 0 Å². The molecule has 56 valence electrons. The van der Waals surface area contributed by atoms with Gasteiger partial charge in [0.25, 0.3) is 0 Å². The average molecular weight is 249 g/mol. The van der Waals surface area contributed by atoms with Gasteiger partial charge < -0.3 is 0 Å². The maximum absolute atomic E-state index is 8.39. The smallest absolute Gasteiger partial charge is 0.0622 e. The summed E-state index contributed by atoms with van der Waals surface area (Å²) >= 11 is 2.54. The van der Waals surface area contributed by atoms with Gasteiger partial charge in [0.2, 0.25) is 0 Å². The van der Waals surface area contributed by atoms with Crippen LogP contribution in [0.2, 0.25) is 0 Å². The zero-order valence-electron chi connectivity index (χ0n) is 6.07. The Kier molecular flexibility index (Phi) is 2.96. The van der Waals surface area contributed by atoms with Gasteiger partial charge in [-0.15, -0.1) is 0 Å². The summed E-state index contributed by atoms with van der Waals surface area (Å²) in [5.74, 6) is 0. The zero-order valence-corrected chi connectivity index (χ0v) is 8.23. The highest BCUT2D eigenvalue weighted by atomic mass is 127. The van der Waals surface area contributed by atoms with Gasteiger partial charge in [0, 0.05) is 9.84 Å². The van der Waals surface area contributed by atoms with Crippen molar-refractivity contribution in [2.45, 2.75) is 41.9 Å². The average Bonchev–Trinajstić information content (AvgIpc) is 2.33. The molecular formula is C8H12IN. The fourth-order valence-corrected chi connectivity index (χ4v) is 2.57. The minimum absolute atomic E-state index is 0.494. The van der Waals surface area contributed by atoms with Gasteiger partial charge in [0.05, 0.1) is 6.07 Å². The maximum atomic E-state index is 8.39. The van der Waals surface area contributed by atoms with Crippen LogP contribution in [0.1, 0.15) is 38.5 Å². The molecule has 0 unspecified atom stereocenters. The van der Waals surface area contributed by atoms with Gasteiger partial charge in [-0.3, -0.25) is 0 Å². The van der Waals surface area contributed by atoms with Gasteiger partial charge >= 0.3 is 0 Å². The molecule has 1 aliphatic carbocycles. The summed E-state index contributed by atoms with van der Waals surface area (Å²) in [6, 6.07) is 2.21. The zero-order chi connectivity index (χ0) is 7.45. The lowest BCUT2D eigenvalue weighted by Crippen LogP contribution is -2.13. The summed E-state index contributed by atoms with van der Waals surface area (Å²) in [7, 11) is 0. The second kappa shape index (κ2) is 3.56. The molecule has 0 atom stereocenters. The van der Waals surface area contributed by atoms with Crippen molar-refractivity contribution in [2.75, 3.05) is 0 Å². The Morgan fingerprint density at radius 2 is 2.00 bits per heavy atom. The van der Waals surface area contributed by atoms with Crippen molar-refractivity contribution in [1.82, 2.24) is 0 Å². The minimum Gasteiger partial charge on any atom is -0.198 e. The molecule has 1 nitrogen and oxygen atoms in total. The van der Waals surface area contributed by atoms with E-state index in [0.29, 0.717) is 3.42 Å². The van der Waals surface area contributed by atoms with Crippen LogP contribution in [0, 0.1) is 11.3 Å². The summed E-state index contributed by atoms with van der Waals surface area (Å²) < 4.78 is 0.494. The van der Waals surface area contributed by atoms with Crippen molar-refractivity contribution in [2.24, 2.45) is 0 Å². The Hall–Kier alpha value is 0.220. The molecule has 0 spiro atoms. The lowest BCUT2D eigenvalue weighted by atomic mass is 10.0. The van der Waals surface area contributed by atoms with Crippen LogP contribution in [0.4, 0.5) is 0 Å². The first kappa shape index (κ1) is 8.32. The first-order valence-corrected chi connectivity index (χ1v) is 4.91. The van der Waals surface area contributed by atoms with Crippen molar-refractivity contribution >= 4 is 22.6 Å². The van der Waals surface area contributed by atoms with Crippen molar-refractivity contribution < 1.29 is 0 Å². The molecule has 1 aliphatic rings. The third-order valence-electron chi connectivity index (χ3n) is 2.18. The molecule has 2 heteroatoms. The van der Waals surface area contributed by atoms with Gasteiger partial charge in [-0.25, -0.2) is 0 Å². The minimum atomic E-state index is 0.494. The number of halogens is 1. The number of rotatable bonds is 2. The predicted molar refractivity (Wildman–Crippen MR) is 50.1 cm³/mol. The lowest BCUT2D eigenvalue weighted by Gasteiger charge is -2.18. The van der Waals surface area contributed by atoms with E-state index in [4.69, 9.17) is 5.26 Å². The molecule has 10 heavy (non-hydrogen) atoms. The van der Waals surface area contributed by atoms with Gasteiger partial charge in [-0.1, -0.05) is 35.4 Å². The summed E-state index contributed by atoms with van der Waals surface area (Å²) in [5.41, 5.74) is 0. The molecule has 0 bridgehead atoms. The second-order valence-corrected chi connectivity index (χ2v) is 5.30. The monoisotopic (exact) mass is 249 g/mol. The second-order valence-electron chi connectivity index (χ2n) is 3.02. The van der Waals surface area contributed by atoms with E-state index in [-0.39, 0.29) is 0 Å². The summed E-state index contributed by atoms with van der Waals surface area (Å²) in [5, 5.41) is 8.39. The van der Waals surface area contributed by atoms with Crippen LogP contribution in [0.15, 0.2) is 0 Å². The third-order valence-corrected chi connectivity index (χ3v) is 3.80. The first-order valence-electron chi connectivity index (χ1n) is 3.83. The van der Waals surface area contributed by atoms with Gasteiger partial charge in [-0.05, 0) is 19.3 Å². The molecule has 0 heterocycles. The Morgan fingerprint density at radius 1 is 1.40 bits per heavy atom. The predicted octanol–water partition coefficient (Wildman–Crippen LogP) is 3.04. The van der Waals surface area contributed by atoms with Crippen molar-refractivity contribution in [3.05, 3.63) is 0 Å². The molecule has 1 saturated carbocycles. The van der Waals surface area contributed by atoms with E-state index in [1.165, 1.54) is 25.7 Å². The summed E-state index contributed by atoms with van der Waals surface area (Å²) in [6.45, 7) is 0. The highest BCUT2D eigenvalue weighted by Crippen LogP contribution is 2.41. The van der Waals surface area contributed by atoms with Gasteiger partial charge in [0.1, 0.15) is 0 Å². The molecule has 0 radical (unpaired) electrons. The fraction of sp³-hybridized carbons (Fsp3) is 0.875. The van der Waals surface area contributed by atoms with E-state index in [9.17, 15) is 0 Å². The van der Waals surface area contributed by atoms with Gasteiger partial charge in [0.15, 0.2) is 0 Å². The standard InChI is InChI=1S/C8H12IN/c9-8(6-3-7-10)4-1-2-5-8/h1-6H2. The maximum Gasteiger partial charge on any atom is 0.0622 e. The normalized spacial score (nSPS) is 22.4. The Balaban J connectivity index is 2.30. The van der Waals surface area contributed by atoms with Crippen molar-refractivity contribution in [3.8, 4) is 6.07 Å². The quantitative estimate of drug-likeness (QED) is 0.545. The van der Waals surface area contributed by atoms with Gasteiger partial charge in [-0.2, -0.15) is 5.26 Å². The van der Waals surface area contributed by atoms with Crippen LogP contribution in [-0.4, -0.2) is 3.42 Å². The largest absolute Gasteiger partial charge is 0.198 e. The molecule has 0 amide bonds. The van der Waals surface area contributed by atoms with Crippen molar-refractivity contribution in [3.63, 3.8) is 0 Å². The highest BCUT2D eigenvalue weighted by Gasteiger charge is 2.29. The number of nitriles is 1. The Bertz CT molecular complexity index is 142. The number of nitrogens with zero attached hydrogens (tertiary/aromatic N) is 1. The van der Waals surface area contributed by atoms with E-state index in [0.717, 1.165) is 12.8 Å². The lowest BCUT2D eigenvalue weighted by molar-refractivity contribution is 0.595.